The van der Waals surface area contributed by atoms with Gasteiger partial charge in [0.05, 0.1) is 164 Å². The van der Waals surface area contributed by atoms with E-state index in [0.29, 0.717) is 237 Å². The molecule has 0 radical (unpaired) electrons. The van der Waals surface area contributed by atoms with Crippen LogP contribution < -0.4 is 94.7 Å². The number of allylic oxidation sites excluding steroid dienone is 1. The van der Waals surface area contributed by atoms with E-state index in [2.05, 4.69) is 75.0 Å². The summed E-state index contributed by atoms with van der Waals surface area (Å²) in [5.74, 6) is 2.79. The van der Waals surface area contributed by atoms with E-state index in [4.69, 9.17) is 74.7 Å². The van der Waals surface area contributed by atoms with Crippen molar-refractivity contribution in [2.45, 2.75) is 198 Å². The smallest absolute Gasteiger partial charge is 0.407 e. The number of hydrogen-bond donors (Lipinski definition) is 13. The molecule has 2 fully saturated rings. The Balaban J connectivity index is 0.0000308. The number of thioether (sulfide) groups is 2. The number of alkyl carbamates (subject to hydrolysis) is 1. The van der Waals surface area contributed by atoms with E-state index in [1.807, 2.05) is 29.0 Å². The average Bonchev–Trinajstić information content (AvgIpc) is 1.66. The van der Waals surface area contributed by atoms with Crippen LogP contribution in [0.2, 0.25) is 0 Å². The second-order valence-electron chi connectivity index (χ2n) is 36.5. The van der Waals surface area contributed by atoms with Gasteiger partial charge in [-0.15, -0.1) is 23.0 Å². The van der Waals surface area contributed by atoms with Crippen molar-refractivity contribution in [3.63, 3.8) is 0 Å². The Morgan fingerprint density at radius 2 is 1.25 bits per heavy atom. The van der Waals surface area contributed by atoms with Crippen LogP contribution in [-0.4, -0.2) is 346 Å². The van der Waals surface area contributed by atoms with Crippen molar-refractivity contribution in [2.24, 2.45) is 23.3 Å². The van der Waals surface area contributed by atoms with Crippen LogP contribution in [0.5, 0.6) is 23.0 Å². The molecule has 6 atom stereocenters. The minimum atomic E-state index is -0.930. The summed E-state index contributed by atoms with van der Waals surface area (Å²) in [5.41, 5.74) is 21.9. The number of nitrogens with zero attached hydrogens (tertiary/aromatic N) is 7. The zero-order chi connectivity index (χ0) is 108. The Labute approximate surface area is 889 Å². The lowest BCUT2D eigenvalue weighted by molar-refractivity contribution is -0.136. The van der Waals surface area contributed by atoms with Gasteiger partial charge in [0, 0.05) is 189 Å². The summed E-state index contributed by atoms with van der Waals surface area (Å²) in [4.78, 5) is 176. The van der Waals surface area contributed by atoms with Gasteiger partial charge in [-0.2, -0.15) is 23.5 Å². The number of amides is 13. The Morgan fingerprint density at radius 3 is 1.91 bits per heavy atom. The number of ketones is 1. The first-order valence-corrected chi connectivity index (χ1v) is 54.1. The number of terminal acetylenes is 1. The summed E-state index contributed by atoms with van der Waals surface area (Å²) in [6, 6.07) is 11.1. The van der Waals surface area contributed by atoms with E-state index in [1.54, 1.807) is 94.5 Å². The molecule has 13 amide bonds. The molecule has 15 N–H and O–H groups in total. The van der Waals surface area contributed by atoms with Crippen LogP contribution in [0, 0.1) is 24.2 Å². The van der Waals surface area contributed by atoms with Crippen LogP contribution in [0.3, 0.4) is 0 Å². The van der Waals surface area contributed by atoms with Crippen molar-refractivity contribution in [1.82, 2.24) is 88.2 Å². The molecule has 1 aliphatic carbocycles. The number of ether oxygens (including phenoxy) is 12. The van der Waals surface area contributed by atoms with Gasteiger partial charge in [0.2, 0.25) is 58.4 Å². The van der Waals surface area contributed by atoms with Gasteiger partial charge >= 0.3 is 18.2 Å². The third-order valence-electron chi connectivity index (χ3n) is 25.1. The van der Waals surface area contributed by atoms with E-state index in [0.717, 1.165) is 36.3 Å². The van der Waals surface area contributed by atoms with Crippen LogP contribution in [-0.2, 0) is 107 Å². The maximum Gasteiger partial charge on any atom is 0.407 e. The number of carbonyl (C=O) groups is 12. The summed E-state index contributed by atoms with van der Waals surface area (Å²) in [6.07, 6.45) is 16.7. The topological polar surface area (TPSA) is 561 Å². The second-order valence-corrected chi connectivity index (χ2v) is 39.0. The molecule has 8 rings (SSSR count). The first kappa shape index (κ1) is 123. The summed E-state index contributed by atoms with van der Waals surface area (Å²) in [6.45, 7) is 13.3. The second kappa shape index (κ2) is 71.1. The first-order chi connectivity index (χ1) is 72.7. The molecule has 1 unspecified atom stereocenters. The molecule has 150 heavy (non-hydrogen) atoms. The SMILES string of the molecule is C#CCCCC(=O)N(CCN(CCSCCC(=O)NCCN)C(=O)CC)CCN(CCNC(=O)CCCC1=CN(CCOCCOCCOCCNC(=O)CCCC[C@@H]2SC[C@@H]3NC(=O)N[C@@H]32)NN1)C(=O)CCCc1cn(CCOCCOCCOCCOCCC(=O)N[C@H](C(=O)CC(CCCNC(N)=O)C(=O)Nc2ccc(COC(=O)N[C@@H]3CCc4cc(OC)c(OC)c(OC)c4-c4ccc(OC)c(=O)cc43)cc2)C(C)C)nn1.[HH]. The van der Waals surface area contributed by atoms with Crippen LogP contribution in [0.15, 0.2) is 71.4 Å². The van der Waals surface area contributed by atoms with E-state index in [9.17, 15) is 62.3 Å². The van der Waals surface area contributed by atoms with Gasteiger partial charge in [-0.1, -0.05) is 50.6 Å². The van der Waals surface area contributed by atoms with Crippen molar-refractivity contribution in [3.05, 3.63) is 99.2 Å². The zero-order valence-electron chi connectivity index (χ0n) is 88.0. The molecule has 0 bridgehead atoms. The van der Waals surface area contributed by atoms with Gasteiger partial charge in [-0.3, -0.25) is 53.0 Å². The van der Waals surface area contributed by atoms with Crippen molar-refractivity contribution < 1.29 is 116 Å². The number of carbonyl (C=O) groups excluding carboxylic acids is 12. The molecule has 4 aliphatic rings. The monoisotopic (exact) mass is 2140 g/mol. The number of hydrazine groups is 2. The maximum absolute atomic E-state index is 14.3. The van der Waals surface area contributed by atoms with Gasteiger partial charge in [-0.25, -0.2) is 19.1 Å². The largest absolute Gasteiger partial charge is 0.493 e. The maximum atomic E-state index is 14.3. The minimum Gasteiger partial charge on any atom is -0.493 e. The summed E-state index contributed by atoms with van der Waals surface area (Å²) in [5, 5.41) is 36.6. The van der Waals surface area contributed by atoms with Gasteiger partial charge in [0.25, 0.3) is 0 Å². The number of methoxy groups -OCH3 is 4. The van der Waals surface area contributed by atoms with E-state index in [1.165, 1.54) is 34.5 Å². The standard InChI is InChI=1S/C103H158N20O25S2.H2/c1-9-11-12-24-93(131)120(44-45-121(92(130)10-2)48-64-149-63-35-90(128)106-38-36-104)43-42-119(41-39-107-89(127)23-15-19-77-68-122(117-115-77)46-51-143-55-59-146-58-54-142-50-40-108-88(126)22-14-13-21-87-97-82(71-150-87)111-102(135)114-97)94(132)25-16-20-78-69-123(118-116-78)47-52-144-56-60-147-62-61-145-57-53-141-49-34-91(129)113-96(72(3)4)84(125)65-75(18-17-37-109-101(105)134)100(133)110-76-29-26-73(27-30-76)70-148-103(136)112-81-32-28-74-66-86(138-6)98(139-7)99(140-8)95(74)79-31-33-85(137-5)83(124)67-80(79)81;/h1,26-27,29-31,33,66-69,72,75,81-82,87,96-97,115,117H,10-25,28,32,34-65,70-71,104H2,2-8H3,(H,106,128)(H,107,127)(H,108,126)(H,110,133)(H,112,136)(H,113,129)(H3,105,109,134)(H2,111,114,135);1H/t75?,81-,82+,87+,96+,97+;/m1./s1. The fourth-order valence-corrected chi connectivity index (χ4v) is 19.5. The Kier molecular flexibility index (Phi) is 58.4. The van der Waals surface area contributed by atoms with Crippen molar-refractivity contribution in [1.29, 1.82) is 0 Å². The molecular weight excluding hydrogens is 1980 g/mol. The highest BCUT2D eigenvalue weighted by Gasteiger charge is 2.43. The highest BCUT2D eigenvalue weighted by atomic mass is 32.2. The summed E-state index contributed by atoms with van der Waals surface area (Å²) >= 11 is 3.43. The fraction of sp³-hybridized carbons (Fsp3) is 0.641. The third kappa shape index (κ3) is 45.7. The predicted octanol–water partition coefficient (Wildman–Crippen LogP) is 5.32. The Morgan fingerprint density at radius 1 is 0.627 bits per heavy atom. The zero-order valence-corrected chi connectivity index (χ0v) is 89.6. The number of primary amides is 1. The summed E-state index contributed by atoms with van der Waals surface area (Å²) in [7, 11) is 5.93. The lowest BCUT2D eigenvalue weighted by Crippen LogP contribution is -2.46. The number of urea groups is 2. The molecule has 834 valence electrons. The van der Waals surface area contributed by atoms with Crippen LogP contribution in [0.25, 0.3) is 11.1 Å². The number of rotatable bonds is 79. The molecule has 4 heterocycles. The molecule has 2 saturated heterocycles. The van der Waals surface area contributed by atoms with Gasteiger partial charge in [-0.05, 0) is 129 Å². The number of Topliss-reactive ketones (excluding diaryl/α,β-unsaturated/α-hetero) is 1. The van der Waals surface area contributed by atoms with Crippen molar-refractivity contribution >= 4 is 100 Å². The molecule has 45 nitrogen and oxygen atoms in total. The lowest BCUT2D eigenvalue weighted by Gasteiger charge is -2.31. The molecule has 3 aliphatic heterocycles. The Hall–Kier alpha value is -11.9. The first-order valence-electron chi connectivity index (χ1n) is 51.9. The van der Waals surface area contributed by atoms with Crippen LogP contribution in [0.1, 0.15) is 173 Å². The number of fused-ring (bicyclic) bond motifs is 4. The number of benzene rings is 2. The lowest BCUT2D eigenvalue weighted by atomic mass is 9.89. The summed E-state index contributed by atoms with van der Waals surface area (Å²) < 4.78 is 69.9. The molecule has 0 saturated carbocycles. The van der Waals surface area contributed by atoms with Crippen molar-refractivity contribution in [3.8, 4) is 46.5 Å². The number of anilines is 1. The number of aryl methyl sites for hydroxylation is 2. The predicted molar refractivity (Wildman–Crippen MR) is 568 cm³/mol. The molecule has 3 aromatic carbocycles. The van der Waals surface area contributed by atoms with E-state index < -0.39 is 47.4 Å². The average molecular weight is 2140 g/mol. The van der Waals surface area contributed by atoms with E-state index in [-0.39, 0.29) is 203 Å². The minimum absolute atomic E-state index is 0. The molecule has 47 heteroatoms. The van der Waals surface area contributed by atoms with Crippen LogP contribution in [0.4, 0.5) is 20.1 Å². The molecule has 1 aromatic heterocycles. The quantitative estimate of drug-likeness (QED) is 0.0151. The third-order valence-corrected chi connectivity index (χ3v) is 27.6. The normalized spacial score (nSPS) is 15.1. The number of aromatic nitrogens is 3. The van der Waals surface area contributed by atoms with Gasteiger partial charge in [0.15, 0.2) is 23.0 Å². The molecule has 0 spiro atoms. The van der Waals surface area contributed by atoms with Gasteiger partial charge in [0.1, 0.15) is 6.61 Å². The van der Waals surface area contributed by atoms with Crippen LogP contribution >= 0.6 is 23.5 Å². The van der Waals surface area contributed by atoms with E-state index >= 15 is 0 Å². The number of nitrogens with one attached hydrogen (secondary N) is 11. The number of unbranched alkanes of at least 4 members (excludes halogenated alkanes) is 2. The van der Waals surface area contributed by atoms with Gasteiger partial charge < -0.3 is 136 Å². The molecule has 4 aromatic rings. The van der Waals surface area contributed by atoms with Crippen molar-refractivity contribution in [2.75, 3.05) is 222 Å². The number of hydrogen-bond acceptors (Lipinski definition) is 33. The molecular formula is C103H160N20O25S2. The highest BCUT2D eigenvalue weighted by Crippen LogP contribution is 2.50. The fourth-order valence-electron chi connectivity index (χ4n) is 17.1. The number of nitrogens with two attached hydrogens (primary N) is 2. The highest BCUT2D eigenvalue weighted by molar-refractivity contribution is 8.00. The Bertz CT molecular complexity index is 5010.